The molecule has 1 aromatic carbocycles. The van der Waals surface area contributed by atoms with Crippen LogP contribution < -0.4 is 0 Å². The van der Waals surface area contributed by atoms with Gasteiger partial charge in [0.25, 0.3) is 0 Å². The average Bonchev–Trinajstić information content (AvgIpc) is 2.81. The molecular formula is C14H18FNO2. The summed E-state index contributed by atoms with van der Waals surface area (Å²) >= 11 is 0. The highest BCUT2D eigenvalue weighted by molar-refractivity contribution is 5.71. The van der Waals surface area contributed by atoms with E-state index < -0.39 is 5.97 Å². The molecule has 1 aliphatic rings. The van der Waals surface area contributed by atoms with Crippen molar-refractivity contribution in [2.24, 2.45) is 5.92 Å². The van der Waals surface area contributed by atoms with Crippen molar-refractivity contribution in [2.75, 3.05) is 7.05 Å². The third-order valence-corrected chi connectivity index (χ3v) is 3.74. The second-order valence-electron chi connectivity index (χ2n) is 4.95. The molecule has 0 aromatic heterocycles. The first-order valence-electron chi connectivity index (χ1n) is 6.26. The first kappa shape index (κ1) is 13.0. The van der Waals surface area contributed by atoms with E-state index in [0.717, 1.165) is 19.3 Å². The number of hydrogen-bond acceptors (Lipinski definition) is 2. The van der Waals surface area contributed by atoms with Gasteiger partial charge in [0.05, 0.1) is 5.92 Å². The minimum Gasteiger partial charge on any atom is -0.481 e. The Kier molecular flexibility index (Phi) is 3.97. The lowest BCUT2D eigenvalue weighted by Gasteiger charge is -2.27. The predicted octanol–water partition coefficient (Wildman–Crippen LogP) is 2.51. The summed E-state index contributed by atoms with van der Waals surface area (Å²) in [5.41, 5.74) is 0.621. The number of carboxylic acid groups (broad SMARTS) is 1. The Labute approximate surface area is 106 Å². The second-order valence-corrected chi connectivity index (χ2v) is 4.95. The molecule has 1 fully saturated rings. The molecule has 1 N–H and O–H groups in total. The molecule has 1 aliphatic carbocycles. The smallest absolute Gasteiger partial charge is 0.308 e. The Morgan fingerprint density at radius 2 is 2.17 bits per heavy atom. The Morgan fingerprint density at radius 1 is 1.44 bits per heavy atom. The largest absolute Gasteiger partial charge is 0.481 e. The quantitative estimate of drug-likeness (QED) is 0.893. The van der Waals surface area contributed by atoms with E-state index in [2.05, 4.69) is 0 Å². The maximum Gasteiger partial charge on any atom is 0.308 e. The van der Waals surface area contributed by atoms with Crippen molar-refractivity contribution in [2.45, 2.75) is 31.8 Å². The molecular weight excluding hydrogens is 233 g/mol. The van der Waals surface area contributed by atoms with Crippen molar-refractivity contribution in [3.8, 4) is 0 Å². The fraction of sp³-hybridized carbons (Fsp3) is 0.500. The zero-order chi connectivity index (χ0) is 13.1. The van der Waals surface area contributed by atoms with E-state index >= 15 is 0 Å². The molecule has 0 heterocycles. The molecule has 2 unspecified atom stereocenters. The van der Waals surface area contributed by atoms with E-state index in [1.807, 2.05) is 11.9 Å². The normalized spacial score (nSPS) is 23.5. The van der Waals surface area contributed by atoms with Gasteiger partial charge >= 0.3 is 5.97 Å². The van der Waals surface area contributed by atoms with Gasteiger partial charge in [0.2, 0.25) is 0 Å². The molecule has 0 spiro atoms. The SMILES string of the molecule is CN(Cc1ccccc1F)C1CCCC1C(=O)O. The lowest BCUT2D eigenvalue weighted by Crippen LogP contribution is -2.37. The van der Waals surface area contributed by atoms with Crippen molar-refractivity contribution in [3.63, 3.8) is 0 Å². The van der Waals surface area contributed by atoms with Gasteiger partial charge in [-0.1, -0.05) is 24.6 Å². The van der Waals surface area contributed by atoms with Crippen LogP contribution in [-0.2, 0) is 11.3 Å². The summed E-state index contributed by atoms with van der Waals surface area (Å²) in [7, 11) is 1.87. The molecule has 0 amide bonds. The number of carboxylic acids is 1. The molecule has 0 bridgehead atoms. The van der Waals surface area contributed by atoms with E-state index in [1.54, 1.807) is 18.2 Å². The topological polar surface area (TPSA) is 40.5 Å². The van der Waals surface area contributed by atoms with Gasteiger partial charge in [-0.15, -0.1) is 0 Å². The fourth-order valence-corrected chi connectivity index (χ4v) is 2.77. The Morgan fingerprint density at radius 3 is 2.83 bits per heavy atom. The van der Waals surface area contributed by atoms with Crippen LogP contribution in [0, 0.1) is 11.7 Å². The van der Waals surface area contributed by atoms with Gasteiger partial charge in [-0.3, -0.25) is 9.69 Å². The minimum atomic E-state index is -0.738. The maximum atomic E-state index is 13.5. The third kappa shape index (κ3) is 2.70. The average molecular weight is 251 g/mol. The summed E-state index contributed by atoms with van der Waals surface area (Å²) in [4.78, 5) is 13.1. The van der Waals surface area contributed by atoms with Crippen LogP contribution in [0.3, 0.4) is 0 Å². The number of hydrogen-bond donors (Lipinski definition) is 1. The number of benzene rings is 1. The van der Waals surface area contributed by atoms with E-state index in [9.17, 15) is 9.18 Å². The van der Waals surface area contributed by atoms with Crippen molar-refractivity contribution in [1.82, 2.24) is 4.90 Å². The van der Waals surface area contributed by atoms with Crippen LogP contribution in [0.2, 0.25) is 0 Å². The zero-order valence-electron chi connectivity index (χ0n) is 10.5. The van der Waals surface area contributed by atoms with E-state index in [-0.39, 0.29) is 17.8 Å². The van der Waals surface area contributed by atoms with Gasteiger partial charge in [0, 0.05) is 18.2 Å². The van der Waals surface area contributed by atoms with Crippen LogP contribution in [-0.4, -0.2) is 29.1 Å². The molecule has 1 saturated carbocycles. The summed E-state index contributed by atoms with van der Waals surface area (Å²) in [6, 6.07) is 6.66. The third-order valence-electron chi connectivity index (χ3n) is 3.74. The van der Waals surface area contributed by atoms with Gasteiger partial charge in [0.1, 0.15) is 5.82 Å². The van der Waals surface area contributed by atoms with Gasteiger partial charge in [-0.25, -0.2) is 4.39 Å². The van der Waals surface area contributed by atoms with Crippen molar-refractivity contribution < 1.29 is 14.3 Å². The number of aliphatic carboxylic acids is 1. The Hall–Kier alpha value is -1.42. The van der Waals surface area contributed by atoms with Gasteiger partial charge in [0.15, 0.2) is 0 Å². The van der Waals surface area contributed by atoms with Crippen molar-refractivity contribution in [1.29, 1.82) is 0 Å². The standard InChI is InChI=1S/C14H18FNO2/c1-16(9-10-5-2-3-7-12(10)15)13-8-4-6-11(13)14(17)18/h2-3,5,7,11,13H,4,6,8-9H2,1H3,(H,17,18). The molecule has 18 heavy (non-hydrogen) atoms. The molecule has 2 atom stereocenters. The molecule has 3 nitrogen and oxygen atoms in total. The first-order chi connectivity index (χ1) is 8.59. The summed E-state index contributed by atoms with van der Waals surface area (Å²) in [5.74, 6) is -1.28. The molecule has 0 aliphatic heterocycles. The maximum absolute atomic E-state index is 13.5. The zero-order valence-corrected chi connectivity index (χ0v) is 10.5. The van der Waals surface area contributed by atoms with Crippen LogP contribution >= 0.6 is 0 Å². The summed E-state index contributed by atoms with van der Waals surface area (Å²) < 4.78 is 13.5. The number of carbonyl (C=O) groups is 1. The van der Waals surface area contributed by atoms with E-state index in [0.29, 0.717) is 12.1 Å². The molecule has 0 radical (unpaired) electrons. The lowest BCUT2D eigenvalue weighted by molar-refractivity contribution is -0.143. The van der Waals surface area contributed by atoms with Crippen molar-refractivity contribution >= 4 is 5.97 Å². The predicted molar refractivity (Wildman–Crippen MR) is 66.6 cm³/mol. The van der Waals surface area contributed by atoms with Gasteiger partial charge in [-0.2, -0.15) is 0 Å². The van der Waals surface area contributed by atoms with Crippen LogP contribution in [0.4, 0.5) is 4.39 Å². The Bertz CT molecular complexity index is 436. The second kappa shape index (κ2) is 5.48. The van der Waals surface area contributed by atoms with E-state index in [4.69, 9.17) is 5.11 Å². The summed E-state index contributed by atoms with van der Waals surface area (Å²) in [6.45, 7) is 0.459. The number of rotatable bonds is 4. The summed E-state index contributed by atoms with van der Waals surface area (Å²) in [5, 5.41) is 9.15. The fourth-order valence-electron chi connectivity index (χ4n) is 2.77. The van der Waals surface area contributed by atoms with Crippen LogP contribution in [0.1, 0.15) is 24.8 Å². The monoisotopic (exact) mass is 251 g/mol. The molecule has 98 valence electrons. The van der Waals surface area contributed by atoms with Crippen molar-refractivity contribution in [3.05, 3.63) is 35.6 Å². The first-order valence-corrected chi connectivity index (χ1v) is 6.26. The van der Waals surface area contributed by atoms with E-state index in [1.165, 1.54) is 6.07 Å². The van der Waals surface area contributed by atoms with Crippen LogP contribution in [0.15, 0.2) is 24.3 Å². The minimum absolute atomic E-state index is 0.0158. The highest BCUT2D eigenvalue weighted by Crippen LogP contribution is 2.30. The highest BCUT2D eigenvalue weighted by Gasteiger charge is 2.35. The Balaban J connectivity index is 2.06. The van der Waals surface area contributed by atoms with Gasteiger partial charge in [-0.05, 0) is 26.0 Å². The molecule has 0 saturated heterocycles. The number of nitrogens with zero attached hydrogens (tertiary/aromatic N) is 1. The van der Waals surface area contributed by atoms with Gasteiger partial charge < -0.3 is 5.11 Å². The van der Waals surface area contributed by atoms with Crippen LogP contribution in [0.5, 0.6) is 0 Å². The number of halogens is 1. The van der Waals surface area contributed by atoms with Crippen LogP contribution in [0.25, 0.3) is 0 Å². The molecule has 1 aromatic rings. The molecule has 4 heteroatoms. The molecule has 2 rings (SSSR count). The highest BCUT2D eigenvalue weighted by atomic mass is 19.1. The summed E-state index contributed by atoms with van der Waals surface area (Å²) in [6.07, 6.45) is 2.53. The lowest BCUT2D eigenvalue weighted by atomic mass is 10.0.